The van der Waals surface area contributed by atoms with Crippen molar-refractivity contribution in [1.29, 1.82) is 0 Å². The van der Waals surface area contributed by atoms with Crippen molar-refractivity contribution in [2.24, 2.45) is 0 Å². The fraction of sp³-hybridized carbons (Fsp3) is 0.409. The van der Waals surface area contributed by atoms with Crippen LogP contribution in [-0.2, 0) is 11.2 Å². The maximum absolute atomic E-state index is 12.5. The first-order chi connectivity index (χ1) is 13.1. The zero-order valence-corrected chi connectivity index (χ0v) is 16.1. The van der Waals surface area contributed by atoms with E-state index in [2.05, 4.69) is 30.0 Å². The van der Waals surface area contributed by atoms with Gasteiger partial charge in [0.15, 0.2) is 11.5 Å². The second-order valence-corrected chi connectivity index (χ2v) is 7.34. The molecule has 1 unspecified atom stereocenters. The number of Topliss-reactive ketones (excluding diaryl/α,β-unsaturated/α-hetero) is 1. The number of benzene rings is 2. The van der Waals surface area contributed by atoms with Crippen LogP contribution in [0, 0.1) is 0 Å². The Morgan fingerprint density at radius 1 is 1.11 bits per heavy atom. The van der Waals surface area contributed by atoms with Crippen LogP contribution in [0.3, 0.4) is 0 Å². The summed E-state index contributed by atoms with van der Waals surface area (Å²) in [5, 5.41) is 0. The Morgan fingerprint density at radius 2 is 1.89 bits per heavy atom. The lowest BCUT2D eigenvalue weighted by molar-refractivity contribution is -0.119. The van der Waals surface area contributed by atoms with Gasteiger partial charge in [-0.25, -0.2) is 0 Å². The van der Waals surface area contributed by atoms with Crippen molar-refractivity contribution >= 4 is 11.5 Å². The SMILES string of the molecule is CCCOc1cc(N(C)C)ccc1C1CC(=O)Cc2cc3c(cc21)OCO3. The van der Waals surface area contributed by atoms with Crippen molar-refractivity contribution in [2.75, 3.05) is 32.4 Å². The van der Waals surface area contributed by atoms with Crippen LogP contribution in [0.5, 0.6) is 17.2 Å². The number of hydrogen-bond donors (Lipinski definition) is 0. The molecule has 2 aliphatic rings. The van der Waals surface area contributed by atoms with Crippen LogP contribution >= 0.6 is 0 Å². The number of carbonyl (C=O) groups excluding carboxylic acids is 1. The van der Waals surface area contributed by atoms with Gasteiger partial charge in [-0.3, -0.25) is 4.79 Å². The smallest absolute Gasteiger partial charge is 0.231 e. The molecule has 2 aromatic carbocycles. The first-order valence-corrected chi connectivity index (χ1v) is 9.45. The van der Waals surface area contributed by atoms with Crippen LogP contribution in [0.4, 0.5) is 5.69 Å². The van der Waals surface area contributed by atoms with Crippen molar-refractivity contribution < 1.29 is 19.0 Å². The molecular formula is C22H25NO4. The molecule has 0 fully saturated rings. The lowest BCUT2D eigenvalue weighted by Gasteiger charge is -2.28. The molecule has 27 heavy (non-hydrogen) atoms. The molecule has 1 atom stereocenters. The third-order valence-electron chi connectivity index (χ3n) is 5.18. The number of hydrogen-bond acceptors (Lipinski definition) is 5. The Balaban J connectivity index is 1.80. The summed E-state index contributed by atoms with van der Waals surface area (Å²) >= 11 is 0. The van der Waals surface area contributed by atoms with E-state index in [0.29, 0.717) is 19.4 Å². The van der Waals surface area contributed by atoms with Gasteiger partial charge in [-0.15, -0.1) is 0 Å². The number of anilines is 1. The molecule has 1 aliphatic carbocycles. The molecule has 0 spiro atoms. The van der Waals surface area contributed by atoms with Crippen LogP contribution in [0.1, 0.15) is 42.4 Å². The predicted octanol–water partition coefficient (Wildman–Crippen LogP) is 3.92. The number of ether oxygens (including phenoxy) is 3. The Labute approximate surface area is 159 Å². The van der Waals surface area contributed by atoms with Crippen LogP contribution in [0.2, 0.25) is 0 Å². The molecule has 5 heteroatoms. The van der Waals surface area contributed by atoms with Gasteiger partial charge in [0.05, 0.1) is 6.61 Å². The van der Waals surface area contributed by atoms with E-state index in [1.807, 2.05) is 26.2 Å². The van der Waals surface area contributed by atoms with E-state index < -0.39 is 0 Å². The van der Waals surface area contributed by atoms with E-state index in [9.17, 15) is 4.79 Å². The Hall–Kier alpha value is -2.69. The Morgan fingerprint density at radius 3 is 2.63 bits per heavy atom. The van der Waals surface area contributed by atoms with E-state index in [0.717, 1.165) is 46.0 Å². The van der Waals surface area contributed by atoms with Crippen LogP contribution in [0.25, 0.3) is 0 Å². The summed E-state index contributed by atoms with van der Waals surface area (Å²) in [5.74, 6) is 2.55. The fourth-order valence-corrected chi connectivity index (χ4v) is 3.80. The second-order valence-electron chi connectivity index (χ2n) is 7.34. The van der Waals surface area contributed by atoms with E-state index in [4.69, 9.17) is 14.2 Å². The molecule has 0 radical (unpaired) electrons. The monoisotopic (exact) mass is 367 g/mol. The summed E-state index contributed by atoms with van der Waals surface area (Å²) in [6.07, 6.45) is 1.87. The third kappa shape index (κ3) is 3.34. The molecule has 1 heterocycles. The maximum atomic E-state index is 12.5. The van der Waals surface area contributed by atoms with Gasteiger partial charge in [0.1, 0.15) is 11.5 Å². The predicted molar refractivity (Wildman–Crippen MR) is 104 cm³/mol. The number of carbonyl (C=O) groups is 1. The molecule has 142 valence electrons. The van der Waals surface area contributed by atoms with E-state index in [1.54, 1.807) is 0 Å². The van der Waals surface area contributed by atoms with Gasteiger partial charge < -0.3 is 19.1 Å². The van der Waals surface area contributed by atoms with E-state index in [1.165, 1.54) is 0 Å². The van der Waals surface area contributed by atoms with Gasteiger partial charge in [0, 0.05) is 50.2 Å². The van der Waals surface area contributed by atoms with Crippen LogP contribution in [-0.4, -0.2) is 33.3 Å². The van der Waals surface area contributed by atoms with Crippen molar-refractivity contribution in [3.63, 3.8) is 0 Å². The number of fused-ring (bicyclic) bond motifs is 2. The standard InChI is InChI=1S/C22H25NO4/c1-4-7-25-20-10-15(23(2)3)5-6-17(20)19-11-16(24)8-14-9-21-22(12-18(14)19)27-13-26-21/h5-6,9-10,12,19H,4,7-8,11,13H2,1-3H3. The van der Waals surface area contributed by atoms with Gasteiger partial charge in [0.25, 0.3) is 0 Å². The Bertz CT molecular complexity index is 875. The van der Waals surface area contributed by atoms with Gasteiger partial charge in [-0.05, 0) is 35.7 Å². The highest BCUT2D eigenvalue weighted by Crippen LogP contribution is 2.45. The molecule has 0 saturated heterocycles. The van der Waals surface area contributed by atoms with E-state index in [-0.39, 0.29) is 18.5 Å². The zero-order chi connectivity index (χ0) is 19.0. The van der Waals surface area contributed by atoms with Crippen molar-refractivity contribution in [3.8, 4) is 17.2 Å². The molecule has 1 aliphatic heterocycles. The van der Waals surface area contributed by atoms with E-state index >= 15 is 0 Å². The average molecular weight is 367 g/mol. The molecule has 2 aromatic rings. The molecule has 4 rings (SSSR count). The summed E-state index contributed by atoms with van der Waals surface area (Å²) in [5.41, 5.74) is 4.30. The molecule has 0 bridgehead atoms. The summed E-state index contributed by atoms with van der Waals surface area (Å²) in [6, 6.07) is 10.2. The summed E-state index contributed by atoms with van der Waals surface area (Å²) in [6.45, 7) is 2.98. The summed E-state index contributed by atoms with van der Waals surface area (Å²) < 4.78 is 17.2. The highest BCUT2D eigenvalue weighted by molar-refractivity contribution is 5.85. The molecular weight excluding hydrogens is 342 g/mol. The molecule has 0 N–H and O–H groups in total. The van der Waals surface area contributed by atoms with Crippen molar-refractivity contribution in [1.82, 2.24) is 0 Å². The van der Waals surface area contributed by atoms with Crippen LogP contribution in [0.15, 0.2) is 30.3 Å². The van der Waals surface area contributed by atoms with Crippen molar-refractivity contribution in [3.05, 3.63) is 47.0 Å². The third-order valence-corrected chi connectivity index (χ3v) is 5.18. The quantitative estimate of drug-likeness (QED) is 0.802. The average Bonchev–Trinajstić information content (AvgIpc) is 3.11. The Kier molecular flexibility index (Phi) is 4.68. The molecule has 0 aromatic heterocycles. The van der Waals surface area contributed by atoms with Gasteiger partial charge >= 0.3 is 0 Å². The number of ketones is 1. The topological polar surface area (TPSA) is 48.0 Å². The zero-order valence-electron chi connectivity index (χ0n) is 16.1. The first-order valence-electron chi connectivity index (χ1n) is 9.45. The highest BCUT2D eigenvalue weighted by Gasteiger charge is 2.31. The minimum Gasteiger partial charge on any atom is -0.493 e. The molecule has 0 amide bonds. The van der Waals surface area contributed by atoms with Crippen LogP contribution < -0.4 is 19.1 Å². The first kappa shape index (κ1) is 17.7. The van der Waals surface area contributed by atoms with Crippen molar-refractivity contribution in [2.45, 2.75) is 32.1 Å². The highest BCUT2D eigenvalue weighted by atomic mass is 16.7. The minimum atomic E-state index is -0.0289. The fourth-order valence-electron chi connectivity index (χ4n) is 3.80. The number of rotatable bonds is 5. The molecule has 5 nitrogen and oxygen atoms in total. The van der Waals surface area contributed by atoms with Gasteiger partial charge in [0.2, 0.25) is 6.79 Å². The maximum Gasteiger partial charge on any atom is 0.231 e. The second kappa shape index (κ2) is 7.14. The summed E-state index contributed by atoms with van der Waals surface area (Å²) in [4.78, 5) is 14.5. The largest absolute Gasteiger partial charge is 0.493 e. The summed E-state index contributed by atoms with van der Waals surface area (Å²) in [7, 11) is 4.03. The lowest BCUT2D eigenvalue weighted by atomic mass is 9.77. The minimum absolute atomic E-state index is 0.0289. The number of nitrogens with zero attached hydrogens (tertiary/aromatic N) is 1. The molecule has 0 saturated carbocycles. The van der Waals surface area contributed by atoms with Gasteiger partial charge in [-0.1, -0.05) is 13.0 Å². The normalized spacial score (nSPS) is 17.6. The lowest BCUT2D eigenvalue weighted by Crippen LogP contribution is -2.20. The van der Waals surface area contributed by atoms with Gasteiger partial charge in [-0.2, -0.15) is 0 Å².